The molecule has 0 radical (unpaired) electrons. The Bertz CT molecular complexity index is 936. The molecule has 4 aliphatic rings. The number of piperidine rings is 2. The molecule has 150 valence electrons. The first kappa shape index (κ1) is 18.0. The lowest BCUT2D eigenvalue weighted by Gasteiger charge is -2.58. The van der Waals surface area contributed by atoms with Crippen LogP contribution in [0.25, 0.3) is 10.9 Å². The molecule has 28 heavy (non-hydrogen) atoms. The van der Waals surface area contributed by atoms with E-state index in [1.54, 1.807) is 7.11 Å². The summed E-state index contributed by atoms with van der Waals surface area (Å²) < 4.78 is 10.9. The van der Waals surface area contributed by atoms with Gasteiger partial charge in [0.2, 0.25) is 0 Å². The number of aliphatic hydroxyl groups is 1. The maximum Gasteiger partial charge on any atom is 0.319 e. The van der Waals surface area contributed by atoms with Crippen LogP contribution in [0.1, 0.15) is 31.0 Å². The third kappa shape index (κ3) is 2.25. The Morgan fingerprint density at radius 1 is 1.39 bits per heavy atom. The van der Waals surface area contributed by atoms with Crippen LogP contribution >= 0.6 is 0 Å². The smallest absolute Gasteiger partial charge is 0.319 e. The number of carbonyl (C=O) groups is 1. The zero-order valence-electron chi connectivity index (χ0n) is 16.7. The van der Waals surface area contributed by atoms with Gasteiger partial charge in [0.15, 0.2) is 0 Å². The second-order valence-electron chi connectivity index (χ2n) is 8.75. The highest BCUT2D eigenvalue weighted by Crippen LogP contribution is 2.55. The third-order valence-electron chi connectivity index (χ3n) is 7.39. The number of nitrogens with one attached hydrogen (secondary N) is 1. The van der Waals surface area contributed by atoms with E-state index < -0.39 is 11.5 Å². The molecule has 2 aromatic rings. The van der Waals surface area contributed by atoms with Crippen molar-refractivity contribution >= 4 is 16.9 Å². The fourth-order valence-corrected chi connectivity index (χ4v) is 6.38. The summed E-state index contributed by atoms with van der Waals surface area (Å²) in [6.07, 6.45) is 2.17. The van der Waals surface area contributed by atoms with Gasteiger partial charge in [-0.1, -0.05) is 0 Å². The molecule has 1 aliphatic carbocycles. The van der Waals surface area contributed by atoms with Crippen LogP contribution in [0.3, 0.4) is 0 Å². The van der Waals surface area contributed by atoms with E-state index in [1.807, 2.05) is 19.1 Å². The van der Waals surface area contributed by atoms with Crippen molar-refractivity contribution in [3.05, 3.63) is 29.5 Å². The van der Waals surface area contributed by atoms with E-state index in [4.69, 9.17) is 9.47 Å². The molecule has 2 saturated heterocycles. The summed E-state index contributed by atoms with van der Waals surface area (Å²) in [5.74, 6) is 1.09. The third-order valence-corrected chi connectivity index (χ3v) is 7.39. The van der Waals surface area contributed by atoms with Crippen molar-refractivity contribution in [3.63, 3.8) is 0 Å². The molecule has 6 atom stereocenters. The zero-order valence-corrected chi connectivity index (χ0v) is 16.7. The molecule has 2 N–H and O–H groups in total. The number of fused-ring (bicyclic) bond motifs is 4. The molecule has 1 aromatic carbocycles. The van der Waals surface area contributed by atoms with E-state index in [0.717, 1.165) is 54.7 Å². The lowest BCUT2D eigenvalue weighted by Crippen LogP contribution is -2.68. The summed E-state index contributed by atoms with van der Waals surface area (Å²) >= 11 is 0. The van der Waals surface area contributed by atoms with Gasteiger partial charge in [0.1, 0.15) is 11.2 Å². The normalized spacial score (nSPS) is 34.6. The second kappa shape index (κ2) is 6.22. The molecular formula is C22H28N2O4. The van der Waals surface area contributed by atoms with Crippen LogP contribution in [-0.2, 0) is 21.4 Å². The maximum absolute atomic E-state index is 13.4. The van der Waals surface area contributed by atoms with Crippen molar-refractivity contribution in [1.29, 1.82) is 0 Å². The van der Waals surface area contributed by atoms with Gasteiger partial charge in [-0.3, -0.25) is 9.69 Å². The van der Waals surface area contributed by atoms with E-state index in [-0.39, 0.29) is 17.9 Å². The number of H-pyrrole nitrogens is 1. The minimum Gasteiger partial charge on any atom is -0.497 e. The van der Waals surface area contributed by atoms with Crippen LogP contribution in [-0.4, -0.2) is 60.4 Å². The van der Waals surface area contributed by atoms with E-state index >= 15 is 0 Å². The van der Waals surface area contributed by atoms with Crippen molar-refractivity contribution in [1.82, 2.24) is 9.88 Å². The Morgan fingerprint density at radius 3 is 2.93 bits per heavy atom. The number of ether oxygens (including phenoxy) is 2. The number of esters is 1. The summed E-state index contributed by atoms with van der Waals surface area (Å²) in [5.41, 5.74) is 2.46. The standard InChI is InChI=1S/C22H28N2O4/c1-12(25)16-8-13-10-22(21(26)28-3)19-15(6-7-24(11-13)20(16)22)17-9-14(27-2)4-5-18(17)23-19/h4-5,9,12-13,16,20,23,25H,6-8,10-11H2,1-3H3/t12?,13-,16-,20+,22-/m1/s1. The van der Waals surface area contributed by atoms with Crippen molar-refractivity contribution in [2.45, 2.75) is 43.7 Å². The van der Waals surface area contributed by atoms with Gasteiger partial charge in [-0.15, -0.1) is 0 Å². The minimum atomic E-state index is -0.754. The largest absolute Gasteiger partial charge is 0.497 e. The quantitative estimate of drug-likeness (QED) is 0.794. The van der Waals surface area contributed by atoms with Crippen LogP contribution in [0.5, 0.6) is 5.75 Å². The summed E-state index contributed by atoms with van der Waals surface area (Å²) in [5, 5.41) is 11.7. The monoisotopic (exact) mass is 384 g/mol. The van der Waals surface area contributed by atoms with Crippen LogP contribution in [0, 0.1) is 11.8 Å². The zero-order chi connectivity index (χ0) is 19.6. The number of benzene rings is 1. The highest BCUT2D eigenvalue weighted by atomic mass is 16.5. The van der Waals surface area contributed by atoms with Crippen molar-refractivity contribution in [3.8, 4) is 5.75 Å². The van der Waals surface area contributed by atoms with E-state index in [2.05, 4.69) is 16.0 Å². The summed E-state index contributed by atoms with van der Waals surface area (Å²) in [6, 6.07) is 5.99. The first-order valence-electron chi connectivity index (χ1n) is 10.2. The summed E-state index contributed by atoms with van der Waals surface area (Å²) in [4.78, 5) is 19.4. The first-order chi connectivity index (χ1) is 13.5. The molecule has 0 amide bonds. The van der Waals surface area contributed by atoms with E-state index in [9.17, 15) is 9.90 Å². The average molecular weight is 384 g/mol. The van der Waals surface area contributed by atoms with Crippen LogP contribution in [0.15, 0.2) is 18.2 Å². The molecule has 3 fully saturated rings. The maximum atomic E-state index is 13.4. The van der Waals surface area contributed by atoms with Crippen molar-refractivity contribution < 1.29 is 19.4 Å². The Balaban J connectivity index is 1.78. The van der Waals surface area contributed by atoms with Gasteiger partial charge < -0.3 is 19.6 Å². The number of aromatic amines is 1. The number of rotatable bonds is 3. The van der Waals surface area contributed by atoms with Gasteiger partial charge in [0.05, 0.1) is 20.3 Å². The number of methoxy groups -OCH3 is 2. The van der Waals surface area contributed by atoms with Crippen molar-refractivity contribution in [2.75, 3.05) is 27.3 Å². The van der Waals surface area contributed by atoms with Crippen LogP contribution < -0.4 is 4.74 Å². The minimum absolute atomic E-state index is 0.0406. The topological polar surface area (TPSA) is 74.8 Å². The van der Waals surface area contributed by atoms with E-state index in [1.165, 1.54) is 12.7 Å². The Hall–Kier alpha value is -2.05. The van der Waals surface area contributed by atoms with Crippen LogP contribution in [0.4, 0.5) is 0 Å². The molecule has 4 heterocycles. The SMILES string of the molecule is COC(=O)[C@@]12C[C@H]3C[C@H](C(C)O)[C@@H]1N(CCc1c2[nH]c2ccc(OC)cc12)C3. The number of nitrogens with zero attached hydrogens (tertiary/aromatic N) is 1. The Kier molecular flexibility index (Phi) is 4.00. The lowest BCUT2D eigenvalue weighted by molar-refractivity contribution is -0.166. The predicted molar refractivity (Wildman–Crippen MR) is 106 cm³/mol. The molecule has 0 spiro atoms. The van der Waals surface area contributed by atoms with Gasteiger partial charge in [-0.25, -0.2) is 0 Å². The fourth-order valence-electron chi connectivity index (χ4n) is 6.38. The average Bonchev–Trinajstić information content (AvgIpc) is 3.04. The van der Waals surface area contributed by atoms with E-state index in [0.29, 0.717) is 5.92 Å². The number of aromatic nitrogens is 1. The number of hydrogen-bond donors (Lipinski definition) is 2. The number of carbonyl (C=O) groups excluding carboxylic acids is 1. The van der Waals surface area contributed by atoms with Gasteiger partial charge in [-0.05, 0) is 55.9 Å². The lowest BCUT2D eigenvalue weighted by atomic mass is 9.56. The summed E-state index contributed by atoms with van der Waals surface area (Å²) in [6.45, 7) is 3.75. The predicted octanol–water partition coefficient (Wildman–Crippen LogP) is 2.23. The highest BCUT2D eigenvalue weighted by Gasteiger charge is 2.63. The molecule has 6 rings (SSSR count). The number of aliphatic hydroxyl groups excluding tert-OH is 1. The molecule has 6 nitrogen and oxygen atoms in total. The highest BCUT2D eigenvalue weighted by molar-refractivity contribution is 5.92. The molecule has 1 saturated carbocycles. The summed E-state index contributed by atoms with van der Waals surface area (Å²) in [7, 11) is 3.16. The van der Waals surface area contributed by atoms with Gasteiger partial charge in [-0.2, -0.15) is 0 Å². The fraction of sp³-hybridized carbons (Fsp3) is 0.591. The molecular weight excluding hydrogens is 356 g/mol. The Morgan fingerprint density at radius 2 is 2.21 bits per heavy atom. The first-order valence-corrected chi connectivity index (χ1v) is 10.2. The molecule has 6 heteroatoms. The molecule has 1 aromatic heterocycles. The molecule has 4 bridgehead atoms. The number of hydrogen-bond acceptors (Lipinski definition) is 5. The second-order valence-corrected chi connectivity index (χ2v) is 8.75. The Labute approximate surface area is 164 Å². The molecule has 3 aliphatic heterocycles. The van der Waals surface area contributed by atoms with Crippen molar-refractivity contribution in [2.24, 2.45) is 11.8 Å². The van der Waals surface area contributed by atoms with Gasteiger partial charge >= 0.3 is 5.97 Å². The van der Waals surface area contributed by atoms with Crippen LogP contribution in [0.2, 0.25) is 0 Å². The van der Waals surface area contributed by atoms with Gasteiger partial charge in [0, 0.05) is 41.6 Å². The van der Waals surface area contributed by atoms with Gasteiger partial charge in [0.25, 0.3) is 0 Å². The molecule has 2 unspecified atom stereocenters.